The smallest absolute Gasteiger partial charge is 0.475 e. The van der Waals surface area contributed by atoms with Crippen molar-refractivity contribution < 1.29 is 32.6 Å². The molecular weight excluding hydrogens is 589 g/mol. The Morgan fingerprint density at radius 1 is 1.08 bits per heavy atom. The highest BCUT2D eigenvalue weighted by molar-refractivity contribution is 9.10. The van der Waals surface area contributed by atoms with E-state index < -0.39 is 12.1 Å². The number of nitrogens with one attached hydrogen (secondary N) is 1. The van der Waals surface area contributed by atoms with Crippen LogP contribution in [0.15, 0.2) is 53.0 Å². The standard InChI is InChI=1S/C25H30BrClN2O2.C2HF3O2/c1-17(18-4-8-21(27)9-5-18)28-25(30)23-11-10-22(29-12-14-31-15-13-29)16-24(23)19-2-6-20(26)7-3-19;3-2(4,5)1(6)7/h2-9,17,22-24H,10-16H2,1H3,(H,28,30);(H,6,7)/t17-,22+,23+,24-;/m0./s1. The van der Waals surface area contributed by atoms with Crippen LogP contribution in [0.25, 0.3) is 0 Å². The molecule has 0 aromatic heterocycles. The van der Waals surface area contributed by atoms with Gasteiger partial charge in [0.2, 0.25) is 5.91 Å². The molecule has 2 aromatic carbocycles. The van der Waals surface area contributed by atoms with Gasteiger partial charge >= 0.3 is 12.1 Å². The molecule has 2 aliphatic rings. The van der Waals surface area contributed by atoms with Gasteiger partial charge in [-0.1, -0.05) is 51.8 Å². The second-order valence-corrected chi connectivity index (χ2v) is 10.8. The SMILES string of the molecule is C[C@H](NC(=O)[C@@H]1CC[C@@H](N2CCOCC2)C[C@H]1c1ccc(Br)cc1)c1ccc(Cl)cc1.O=C(O)C(F)(F)F. The van der Waals surface area contributed by atoms with Crippen molar-refractivity contribution >= 4 is 39.4 Å². The molecule has 0 unspecified atom stereocenters. The van der Waals surface area contributed by atoms with Crippen LogP contribution in [0.3, 0.4) is 0 Å². The maximum absolute atomic E-state index is 13.4. The summed E-state index contributed by atoms with van der Waals surface area (Å²) in [5.74, 6) is -2.41. The van der Waals surface area contributed by atoms with Crippen LogP contribution < -0.4 is 5.32 Å². The number of aliphatic carboxylic acids is 1. The van der Waals surface area contributed by atoms with E-state index in [0.717, 1.165) is 55.6 Å². The van der Waals surface area contributed by atoms with Crippen LogP contribution in [0.1, 0.15) is 49.3 Å². The number of nitrogens with zero attached hydrogens (tertiary/aromatic N) is 1. The van der Waals surface area contributed by atoms with Gasteiger partial charge in [0.1, 0.15) is 0 Å². The fourth-order valence-corrected chi connectivity index (χ4v) is 5.36. The van der Waals surface area contributed by atoms with E-state index in [2.05, 4.69) is 50.4 Å². The zero-order valence-electron chi connectivity index (χ0n) is 20.9. The lowest BCUT2D eigenvalue weighted by atomic mass is 9.72. The normalized spacial score (nSPS) is 23.1. The molecule has 4 atom stereocenters. The number of hydrogen-bond acceptors (Lipinski definition) is 4. The van der Waals surface area contributed by atoms with Gasteiger partial charge in [-0.3, -0.25) is 9.69 Å². The molecule has 0 spiro atoms. The summed E-state index contributed by atoms with van der Waals surface area (Å²) < 4.78 is 38.3. The van der Waals surface area contributed by atoms with E-state index in [4.69, 9.17) is 26.2 Å². The second kappa shape index (κ2) is 13.8. The molecule has 2 aromatic rings. The lowest BCUT2D eigenvalue weighted by Crippen LogP contribution is -2.48. The molecule has 6 nitrogen and oxygen atoms in total. The number of carboxylic acid groups (broad SMARTS) is 1. The van der Waals surface area contributed by atoms with Gasteiger partial charge in [-0.2, -0.15) is 13.2 Å². The fraction of sp³-hybridized carbons (Fsp3) is 0.481. The summed E-state index contributed by atoms with van der Waals surface area (Å²) in [6.07, 6.45) is -2.11. The molecule has 1 saturated heterocycles. The molecule has 1 heterocycles. The number of alkyl halides is 3. The van der Waals surface area contributed by atoms with Crippen LogP contribution in [0.2, 0.25) is 5.02 Å². The maximum Gasteiger partial charge on any atom is 0.490 e. The molecule has 208 valence electrons. The molecule has 1 amide bonds. The van der Waals surface area contributed by atoms with Crippen LogP contribution in [-0.2, 0) is 14.3 Å². The zero-order chi connectivity index (χ0) is 27.9. The van der Waals surface area contributed by atoms with Crippen molar-refractivity contribution in [1.82, 2.24) is 10.2 Å². The van der Waals surface area contributed by atoms with Crippen molar-refractivity contribution in [3.63, 3.8) is 0 Å². The molecule has 1 saturated carbocycles. The summed E-state index contributed by atoms with van der Waals surface area (Å²) in [6.45, 7) is 5.63. The molecule has 4 rings (SSSR count). The number of carboxylic acids is 1. The van der Waals surface area contributed by atoms with Gasteiger partial charge in [0.25, 0.3) is 0 Å². The third-order valence-electron chi connectivity index (χ3n) is 6.99. The minimum Gasteiger partial charge on any atom is -0.475 e. The maximum atomic E-state index is 13.4. The van der Waals surface area contributed by atoms with E-state index in [1.807, 2.05) is 31.2 Å². The molecule has 1 aliphatic heterocycles. The highest BCUT2D eigenvalue weighted by Gasteiger charge is 2.39. The van der Waals surface area contributed by atoms with Crippen molar-refractivity contribution in [2.24, 2.45) is 5.92 Å². The second-order valence-electron chi connectivity index (χ2n) is 9.46. The average Bonchev–Trinajstić information content (AvgIpc) is 2.89. The Kier molecular flexibility index (Phi) is 11.0. The third-order valence-corrected chi connectivity index (χ3v) is 7.77. The van der Waals surface area contributed by atoms with E-state index in [-0.39, 0.29) is 23.8 Å². The molecule has 11 heteroatoms. The van der Waals surface area contributed by atoms with Gasteiger partial charge in [-0.05, 0) is 67.5 Å². The van der Waals surface area contributed by atoms with Crippen LogP contribution in [-0.4, -0.2) is 60.4 Å². The molecule has 1 aliphatic carbocycles. The molecule has 0 radical (unpaired) electrons. The predicted molar refractivity (Wildman–Crippen MR) is 142 cm³/mol. The summed E-state index contributed by atoms with van der Waals surface area (Å²) in [4.78, 5) is 24.9. The number of hydrogen-bond donors (Lipinski definition) is 2. The molecule has 2 N–H and O–H groups in total. The molecule has 2 fully saturated rings. The summed E-state index contributed by atoms with van der Waals surface area (Å²) >= 11 is 9.56. The fourth-order valence-electron chi connectivity index (χ4n) is 4.97. The van der Waals surface area contributed by atoms with E-state index in [1.54, 1.807) is 0 Å². The van der Waals surface area contributed by atoms with Crippen LogP contribution in [0, 0.1) is 5.92 Å². The number of amides is 1. The zero-order valence-corrected chi connectivity index (χ0v) is 23.2. The molecule has 0 bridgehead atoms. The number of ether oxygens (including phenoxy) is 1. The van der Waals surface area contributed by atoms with Crippen LogP contribution in [0.4, 0.5) is 13.2 Å². The Balaban J connectivity index is 0.000000505. The molecule has 38 heavy (non-hydrogen) atoms. The number of rotatable bonds is 5. The topological polar surface area (TPSA) is 78.9 Å². The van der Waals surface area contributed by atoms with Crippen molar-refractivity contribution in [3.05, 3.63) is 69.2 Å². The average molecular weight is 620 g/mol. The van der Waals surface area contributed by atoms with Crippen molar-refractivity contribution in [2.45, 2.75) is 50.4 Å². The number of halogens is 5. The van der Waals surface area contributed by atoms with Crippen molar-refractivity contribution in [2.75, 3.05) is 26.3 Å². The first-order valence-corrected chi connectivity index (χ1v) is 13.6. The minimum atomic E-state index is -5.08. The predicted octanol–water partition coefficient (Wildman–Crippen LogP) is 6.20. The largest absolute Gasteiger partial charge is 0.490 e. The lowest BCUT2D eigenvalue weighted by Gasteiger charge is -2.42. The van der Waals surface area contributed by atoms with Crippen LogP contribution in [0.5, 0.6) is 0 Å². The van der Waals surface area contributed by atoms with E-state index in [9.17, 15) is 18.0 Å². The minimum absolute atomic E-state index is 0.0202. The first-order chi connectivity index (χ1) is 18.0. The van der Waals surface area contributed by atoms with Crippen molar-refractivity contribution in [3.8, 4) is 0 Å². The Morgan fingerprint density at radius 2 is 1.66 bits per heavy atom. The van der Waals surface area contributed by atoms with Crippen LogP contribution >= 0.6 is 27.5 Å². The van der Waals surface area contributed by atoms with E-state index in [1.165, 1.54) is 5.56 Å². The Labute approximate surface area is 233 Å². The van der Waals surface area contributed by atoms with Gasteiger partial charge in [-0.25, -0.2) is 4.79 Å². The Bertz CT molecular complexity index is 1060. The molecular formula is C27H31BrClF3N2O4. The van der Waals surface area contributed by atoms with Gasteiger partial charge in [0.15, 0.2) is 0 Å². The first kappa shape index (κ1) is 30.4. The van der Waals surface area contributed by atoms with Gasteiger partial charge < -0.3 is 15.2 Å². The summed E-state index contributed by atoms with van der Waals surface area (Å²) in [5.41, 5.74) is 2.32. The lowest BCUT2D eigenvalue weighted by molar-refractivity contribution is -0.192. The van der Waals surface area contributed by atoms with E-state index in [0.29, 0.717) is 11.1 Å². The van der Waals surface area contributed by atoms with Crippen molar-refractivity contribution in [1.29, 1.82) is 0 Å². The number of carbonyl (C=O) groups excluding carboxylic acids is 1. The Hall–Kier alpha value is -2.14. The highest BCUT2D eigenvalue weighted by Crippen LogP contribution is 2.40. The summed E-state index contributed by atoms with van der Waals surface area (Å²) in [6, 6.07) is 16.7. The first-order valence-electron chi connectivity index (χ1n) is 12.4. The summed E-state index contributed by atoms with van der Waals surface area (Å²) in [5, 5.41) is 11.1. The van der Waals surface area contributed by atoms with Gasteiger partial charge in [-0.15, -0.1) is 0 Å². The Morgan fingerprint density at radius 3 is 2.21 bits per heavy atom. The quantitative estimate of drug-likeness (QED) is 0.417. The monoisotopic (exact) mass is 618 g/mol. The number of benzene rings is 2. The summed E-state index contributed by atoms with van der Waals surface area (Å²) in [7, 11) is 0. The number of morpholine rings is 1. The van der Waals surface area contributed by atoms with Gasteiger partial charge in [0.05, 0.1) is 19.3 Å². The number of carbonyl (C=O) groups is 2. The third kappa shape index (κ3) is 8.69. The van der Waals surface area contributed by atoms with E-state index >= 15 is 0 Å². The van der Waals surface area contributed by atoms with Gasteiger partial charge in [0, 0.05) is 34.5 Å². The highest BCUT2D eigenvalue weighted by atomic mass is 79.9.